The summed E-state index contributed by atoms with van der Waals surface area (Å²) in [6.45, 7) is 3.76. The van der Waals surface area contributed by atoms with Crippen molar-refractivity contribution in [2.24, 2.45) is 0 Å². The number of piperazine rings is 1. The van der Waals surface area contributed by atoms with Crippen molar-refractivity contribution in [3.63, 3.8) is 0 Å². The number of ether oxygens (including phenoxy) is 1. The Morgan fingerprint density at radius 1 is 1.14 bits per heavy atom. The maximum Gasteiger partial charge on any atom is 0.257 e. The Kier molecular flexibility index (Phi) is 6.13. The van der Waals surface area contributed by atoms with Crippen molar-refractivity contribution in [2.75, 3.05) is 33.3 Å². The van der Waals surface area contributed by atoms with Gasteiger partial charge in [-0.2, -0.15) is 0 Å². The Balaban J connectivity index is 1.36. The Bertz CT molecular complexity index is 985. The summed E-state index contributed by atoms with van der Waals surface area (Å²) in [6.07, 6.45) is 0. The fraction of sp³-hybridized carbons (Fsp3) is 0.273. The number of methoxy groups -OCH3 is 1. The van der Waals surface area contributed by atoms with Crippen LogP contribution in [0.5, 0.6) is 5.75 Å². The summed E-state index contributed by atoms with van der Waals surface area (Å²) in [5, 5.41) is 3.70. The molecule has 0 atom stereocenters. The second-order valence-electron chi connectivity index (χ2n) is 6.92. The van der Waals surface area contributed by atoms with Gasteiger partial charge in [0, 0.05) is 48.7 Å². The van der Waals surface area contributed by atoms with Crippen LogP contribution >= 0.6 is 22.9 Å². The topological polar surface area (TPSA) is 45.7 Å². The van der Waals surface area contributed by atoms with Crippen LogP contribution in [0, 0.1) is 0 Å². The van der Waals surface area contributed by atoms with E-state index >= 15 is 0 Å². The van der Waals surface area contributed by atoms with Crippen LogP contribution in [0.3, 0.4) is 0 Å². The summed E-state index contributed by atoms with van der Waals surface area (Å²) in [7, 11) is 1.56. The lowest BCUT2D eigenvalue weighted by atomic mass is 10.1. The maximum atomic E-state index is 12.9. The summed E-state index contributed by atoms with van der Waals surface area (Å²) in [6, 6.07) is 15.4. The molecule has 0 bridgehead atoms. The van der Waals surface area contributed by atoms with Gasteiger partial charge < -0.3 is 9.64 Å². The van der Waals surface area contributed by atoms with E-state index < -0.39 is 0 Å². The molecule has 7 heteroatoms. The van der Waals surface area contributed by atoms with Gasteiger partial charge >= 0.3 is 0 Å². The molecule has 2 heterocycles. The molecular weight excluding hydrogens is 406 g/mol. The van der Waals surface area contributed by atoms with E-state index in [2.05, 4.69) is 22.4 Å². The van der Waals surface area contributed by atoms with Gasteiger partial charge in [0.05, 0.1) is 18.4 Å². The Labute approximate surface area is 179 Å². The van der Waals surface area contributed by atoms with E-state index in [1.165, 1.54) is 0 Å². The normalized spacial score (nSPS) is 14.8. The first-order chi connectivity index (χ1) is 14.1. The standard InChI is InChI=1S/C22H22ClN3O2S/c1-28-20-8-7-17(23)13-19(20)22(27)26-11-9-25(10-12-26)14-18-15-29-21(24-18)16-5-3-2-4-6-16/h2-8,13,15H,9-12,14H2,1H3. The highest BCUT2D eigenvalue weighted by atomic mass is 35.5. The molecule has 0 N–H and O–H groups in total. The van der Waals surface area contributed by atoms with Crippen LogP contribution in [0.25, 0.3) is 10.6 Å². The van der Waals surface area contributed by atoms with Gasteiger partial charge in [-0.1, -0.05) is 41.9 Å². The molecule has 0 spiro atoms. The number of halogens is 1. The lowest BCUT2D eigenvalue weighted by Crippen LogP contribution is -2.48. The van der Waals surface area contributed by atoms with Gasteiger partial charge in [0.15, 0.2) is 0 Å². The van der Waals surface area contributed by atoms with Gasteiger partial charge in [-0.05, 0) is 18.2 Å². The lowest BCUT2D eigenvalue weighted by molar-refractivity contribution is 0.0624. The smallest absolute Gasteiger partial charge is 0.257 e. The van der Waals surface area contributed by atoms with Crippen LogP contribution in [0.4, 0.5) is 0 Å². The van der Waals surface area contributed by atoms with E-state index in [0.717, 1.165) is 35.9 Å². The summed E-state index contributed by atoms with van der Waals surface area (Å²) in [5.74, 6) is 0.516. The van der Waals surface area contributed by atoms with Crippen LogP contribution < -0.4 is 4.74 Å². The van der Waals surface area contributed by atoms with E-state index in [4.69, 9.17) is 21.3 Å². The molecule has 0 unspecified atom stereocenters. The average molecular weight is 428 g/mol. The van der Waals surface area contributed by atoms with Gasteiger partial charge in [-0.3, -0.25) is 9.69 Å². The summed E-state index contributed by atoms with van der Waals surface area (Å²) in [4.78, 5) is 21.9. The highest BCUT2D eigenvalue weighted by Gasteiger charge is 2.25. The third-order valence-corrected chi connectivity index (χ3v) is 6.18. The Morgan fingerprint density at radius 3 is 2.62 bits per heavy atom. The first kappa shape index (κ1) is 19.9. The molecule has 5 nitrogen and oxygen atoms in total. The van der Waals surface area contributed by atoms with Crippen LogP contribution in [0.15, 0.2) is 53.9 Å². The number of carbonyl (C=O) groups is 1. The highest BCUT2D eigenvalue weighted by Crippen LogP contribution is 2.26. The molecular formula is C22H22ClN3O2S. The molecule has 1 aliphatic rings. The second kappa shape index (κ2) is 8.95. The number of hydrogen-bond donors (Lipinski definition) is 0. The number of carbonyl (C=O) groups excluding carboxylic acids is 1. The molecule has 29 heavy (non-hydrogen) atoms. The van der Waals surface area contributed by atoms with Gasteiger partial charge in [-0.25, -0.2) is 4.98 Å². The molecule has 0 saturated carbocycles. The van der Waals surface area contributed by atoms with E-state index in [1.807, 2.05) is 23.1 Å². The number of aromatic nitrogens is 1. The zero-order valence-corrected chi connectivity index (χ0v) is 17.7. The Hall–Kier alpha value is -2.41. The SMILES string of the molecule is COc1ccc(Cl)cc1C(=O)N1CCN(Cc2csc(-c3ccccc3)n2)CC1. The maximum absolute atomic E-state index is 12.9. The summed E-state index contributed by atoms with van der Waals surface area (Å²) < 4.78 is 5.33. The minimum atomic E-state index is -0.0379. The minimum Gasteiger partial charge on any atom is -0.496 e. The zero-order valence-electron chi connectivity index (χ0n) is 16.2. The largest absolute Gasteiger partial charge is 0.496 e. The van der Waals surface area contributed by atoms with Gasteiger partial charge in [0.1, 0.15) is 10.8 Å². The van der Waals surface area contributed by atoms with E-state index in [1.54, 1.807) is 36.6 Å². The number of nitrogens with zero attached hydrogens (tertiary/aromatic N) is 3. The van der Waals surface area contributed by atoms with Crippen LogP contribution in [-0.4, -0.2) is 54.0 Å². The molecule has 1 saturated heterocycles. The van der Waals surface area contributed by atoms with Crippen molar-refractivity contribution in [1.29, 1.82) is 0 Å². The van der Waals surface area contributed by atoms with Gasteiger partial charge in [0.2, 0.25) is 0 Å². The third kappa shape index (κ3) is 4.61. The fourth-order valence-electron chi connectivity index (χ4n) is 3.45. The van der Waals surface area contributed by atoms with Crippen molar-refractivity contribution >= 4 is 28.8 Å². The molecule has 1 aliphatic heterocycles. The fourth-order valence-corrected chi connectivity index (χ4v) is 4.44. The van der Waals surface area contributed by atoms with Crippen molar-refractivity contribution in [1.82, 2.24) is 14.8 Å². The zero-order chi connectivity index (χ0) is 20.2. The number of benzene rings is 2. The predicted octanol–water partition coefficient (Wildman–Crippen LogP) is 4.43. The Morgan fingerprint density at radius 2 is 1.90 bits per heavy atom. The van der Waals surface area contributed by atoms with Crippen molar-refractivity contribution in [3.05, 3.63) is 70.2 Å². The van der Waals surface area contributed by atoms with E-state index in [9.17, 15) is 4.79 Å². The van der Waals surface area contributed by atoms with E-state index in [-0.39, 0.29) is 5.91 Å². The molecule has 1 fully saturated rings. The molecule has 4 rings (SSSR count). The van der Waals surface area contributed by atoms with Crippen LogP contribution in [0.2, 0.25) is 5.02 Å². The molecule has 1 amide bonds. The molecule has 150 valence electrons. The van der Waals surface area contributed by atoms with Crippen LogP contribution in [0.1, 0.15) is 16.1 Å². The lowest BCUT2D eigenvalue weighted by Gasteiger charge is -2.34. The molecule has 3 aromatic rings. The second-order valence-corrected chi connectivity index (χ2v) is 8.22. The highest BCUT2D eigenvalue weighted by molar-refractivity contribution is 7.13. The van der Waals surface area contributed by atoms with Gasteiger partial charge in [-0.15, -0.1) is 11.3 Å². The van der Waals surface area contributed by atoms with Gasteiger partial charge in [0.25, 0.3) is 5.91 Å². The predicted molar refractivity (Wildman–Crippen MR) is 117 cm³/mol. The molecule has 2 aromatic carbocycles. The number of rotatable bonds is 5. The van der Waals surface area contributed by atoms with Crippen molar-refractivity contribution in [3.8, 4) is 16.3 Å². The first-order valence-electron chi connectivity index (χ1n) is 9.49. The molecule has 0 aliphatic carbocycles. The number of thiazole rings is 1. The van der Waals surface area contributed by atoms with Crippen LogP contribution in [-0.2, 0) is 6.54 Å². The van der Waals surface area contributed by atoms with Crippen molar-refractivity contribution < 1.29 is 9.53 Å². The third-order valence-electron chi connectivity index (χ3n) is 5.01. The summed E-state index contributed by atoms with van der Waals surface area (Å²) in [5.41, 5.74) is 2.74. The average Bonchev–Trinajstić information content (AvgIpc) is 3.23. The quantitative estimate of drug-likeness (QED) is 0.604. The minimum absolute atomic E-state index is 0.0379. The molecule has 0 radical (unpaired) electrons. The monoisotopic (exact) mass is 427 g/mol. The van der Waals surface area contributed by atoms with Crippen molar-refractivity contribution in [2.45, 2.75) is 6.54 Å². The van der Waals surface area contributed by atoms with E-state index in [0.29, 0.717) is 29.4 Å². The first-order valence-corrected chi connectivity index (χ1v) is 10.7. The number of amides is 1. The number of hydrogen-bond acceptors (Lipinski definition) is 5. The summed E-state index contributed by atoms with van der Waals surface area (Å²) >= 11 is 7.75. The molecule has 1 aromatic heterocycles.